The molecule has 3 aromatic rings. The van der Waals surface area contributed by atoms with E-state index < -0.39 is 0 Å². The van der Waals surface area contributed by atoms with Crippen LogP contribution in [0.3, 0.4) is 0 Å². The molecule has 178 valence electrons. The zero-order valence-electron chi connectivity index (χ0n) is 19.4. The van der Waals surface area contributed by atoms with E-state index in [4.69, 9.17) is 4.74 Å². The van der Waals surface area contributed by atoms with E-state index in [9.17, 15) is 9.59 Å². The summed E-state index contributed by atoms with van der Waals surface area (Å²) in [5.74, 6) is -0.242. The summed E-state index contributed by atoms with van der Waals surface area (Å²) in [5, 5.41) is 11.2. The minimum Gasteiger partial charge on any atom is -0.363 e. The Bertz CT molecular complexity index is 1130. The Morgan fingerprint density at radius 2 is 2.00 bits per heavy atom. The van der Waals surface area contributed by atoms with Crippen LogP contribution in [-0.4, -0.2) is 65.9 Å². The fourth-order valence-corrected chi connectivity index (χ4v) is 4.23. The molecule has 0 bridgehead atoms. The smallest absolute Gasteiger partial charge is 0.251 e. The van der Waals surface area contributed by atoms with E-state index in [0.29, 0.717) is 31.9 Å². The van der Waals surface area contributed by atoms with Gasteiger partial charge in [-0.15, -0.1) is 0 Å². The lowest BCUT2D eigenvalue weighted by Gasteiger charge is -2.24. The number of H-pyrrole nitrogens is 1. The maximum atomic E-state index is 13.1. The normalized spacial score (nSPS) is 16.3. The summed E-state index contributed by atoms with van der Waals surface area (Å²) in [7, 11) is 0. The van der Waals surface area contributed by atoms with Gasteiger partial charge in [-0.1, -0.05) is 36.4 Å². The van der Waals surface area contributed by atoms with Gasteiger partial charge in [-0.05, 0) is 44.0 Å². The van der Waals surface area contributed by atoms with Crippen LogP contribution >= 0.6 is 0 Å². The molecule has 1 aromatic heterocycles. The number of carbonyl (C=O) groups is 2. The second-order valence-electron chi connectivity index (χ2n) is 8.19. The molecule has 1 atom stereocenters. The zero-order valence-corrected chi connectivity index (χ0v) is 19.4. The summed E-state index contributed by atoms with van der Waals surface area (Å²) < 4.78 is 5.71. The number of nitrogens with zero attached hydrogens (tertiary/aromatic N) is 3. The van der Waals surface area contributed by atoms with E-state index in [-0.39, 0.29) is 18.0 Å². The first-order chi connectivity index (χ1) is 16.7. The standard InChI is InChI=1S/C26H31N5O3/c1-2-34-26-13-8-17-30(26)19-24(32)27-16-18-31(20-9-4-3-5-10-20)25(33)15-14-23-21-11-6-7-12-22(21)28-29-23/h3-7,9-12,14-15,26H,2,8,13,16-19H2,1H3,(H,27,32)(H,28,29)/b15-14+/t26-/m1/s1. The van der Waals surface area contributed by atoms with Gasteiger partial charge in [0, 0.05) is 43.4 Å². The molecule has 0 radical (unpaired) electrons. The van der Waals surface area contributed by atoms with Crippen molar-refractivity contribution < 1.29 is 14.3 Å². The molecule has 0 spiro atoms. The number of benzene rings is 2. The molecule has 2 amide bonds. The molecule has 0 aliphatic carbocycles. The average molecular weight is 462 g/mol. The molecule has 0 unspecified atom stereocenters. The van der Waals surface area contributed by atoms with E-state index in [1.54, 1.807) is 11.0 Å². The zero-order chi connectivity index (χ0) is 23.8. The molecule has 1 saturated heterocycles. The van der Waals surface area contributed by atoms with E-state index in [0.717, 1.165) is 36.0 Å². The maximum absolute atomic E-state index is 13.1. The number of para-hydroxylation sites is 2. The predicted molar refractivity (Wildman–Crippen MR) is 133 cm³/mol. The van der Waals surface area contributed by atoms with Gasteiger partial charge in [0.1, 0.15) is 6.23 Å². The van der Waals surface area contributed by atoms with Gasteiger partial charge in [-0.3, -0.25) is 19.6 Å². The number of aromatic nitrogens is 2. The summed E-state index contributed by atoms with van der Waals surface area (Å²) in [4.78, 5) is 29.3. The number of ether oxygens (including phenoxy) is 1. The molecule has 1 aliphatic heterocycles. The number of amides is 2. The third-order valence-corrected chi connectivity index (χ3v) is 5.88. The number of rotatable bonds is 10. The minimum absolute atomic E-state index is 0.0152. The second kappa shape index (κ2) is 11.6. The lowest BCUT2D eigenvalue weighted by atomic mass is 10.2. The van der Waals surface area contributed by atoms with Crippen molar-refractivity contribution >= 4 is 34.5 Å². The predicted octanol–water partition coefficient (Wildman–Crippen LogP) is 3.18. The Kier molecular flexibility index (Phi) is 8.06. The summed E-state index contributed by atoms with van der Waals surface area (Å²) in [6, 6.07) is 17.2. The average Bonchev–Trinajstić information content (AvgIpc) is 3.48. The number of carbonyl (C=O) groups excluding carboxylic acids is 2. The minimum atomic E-state index is -0.177. The number of fused-ring (bicyclic) bond motifs is 1. The summed E-state index contributed by atoms with van der Waals surface area (Å²) in [5.41, 5.74) is 2.40. The molecule has 2 heterocycles. The first kappa shape index (κ1) is 23.7. The highest BCUT2D eigenvalue weighted by atomic mass is 16.5. The monoisotopic (exact) mass is 461 g/mol. The number of anilines is 1. The summed E-state index contributed by atoms with van der Waals surface area (Å²) >= 11 is 0. The summed E-state index contributed by atoms with van der Waals surface area (Å²) in [6.07, 6.45) is 5.24. The SMILES string of the molecule is CCO[C@@H]1CCCN1CC(=O)NCCN(C(=O)/C=C/c1n[nH]c2ccccc12)c1ccccc1. The molecule has 2 N–H and O–H groups in total. The first-order valence-electron chi connectivity index (χ1n) is 11.8. The molecule has 1 aliphatic rings. The summed E-state index contributed by atoms with van der Waals surface area (Å²) in [6.45, 7) is 4.48. The van der Waals surface area contributed by atoms with Crippen LogP contribution in [0.25, 0.3) is 17.0 Å². The van der Waals surface area contributed by atoms with Gasteiger partial charge in [0.15, 0.2) is 0 Å². The number of nitrogens with one attached hydrogen (secondary N) is 2. The fourth-order valence-electron chi connectivity index (χ4n) is 4.23. The Labute approximate surface area is 199 Å². The Balaban J connectivity index is 1.37. The van der Waals surface area contributed by atoms with Crippen LogP contribution in [-0.2, 0) is 14.3 Å². The van der Waals surface area contributed by atoms with Crippen molar-refractivity contribution in [2.24, 2.45) is 0 Å². The molecular formula is C26H31N5O3. The van der Waals surface area contributed by atoms with Crippen LogP contribution in [0.5, 0.6) is 0 Å². The lowest BCUT2D eigenvalue weighted by molar-refractivity contribution is -0.125. The van der Waals surface area contributed by atoms with Crippen molar-refractivity contribution in [1.82, 2.24) is 20.4 Å². The van der Waals surface area contributed by atoms with Crippen LogP contribution < -0.4 is 10.2 Å². The maximum Gasteiger partial charge on any atom is 0.251 e. The topological polar surface area (TPSA) is 90.6 Å². The van der Waals surface area contributed by atoms with Crippen LogP contribution in [0.4, 0.5) is 5.69 Å². The lowest BCUT2D eigenvalue weighted by Crippen LogP contribution is -2.43. The number of hydrogen-bond donors (Lipinski definition) is 2. The Hall–Kier alpha value is -3.49. The van der Waals surface area contributed by atoms with E-state index >= 15 is 0 Å². The number of aromatic amines is 1. The second-order valence-corrected chi connectivity index (χ2v) is 8.19. The van der Waals surface area contributed by atoms with Gasteiger partial charge in [-0.25, -0.2) is 0 Å². The van der Waals surface area contributed by atoms with Crippen LogP contribution in [0.15, 0.2) is 60.7 Å². The molecular weight excluding hydrogens is 430 g/mol. The number of hydrogen-bond acceptors (Lipinski definition) is 5. The quantitative estimate of drug-likeness (QED) is 0.453. The van der Waals surface area contributed by atoms with Crippen molar-refractivity contribution in [2.45, 2.75) is 26.0 Å². The van der Waals surface area contributed by atoms with Gasteiger partial charge < -0.3 is 15.0 Å². The van der Waals surface area contributed by atoms with Gasteiger partial charge in [0.25, 0.3) is 5.91 Å². The van der Waals surface area contributed by atoms with Crippen molar-refractivity contribution in [2.75, 3.05) is 37.7 Å². The van der Waals surface area contributed by atoms with Gasteiger partial charge >= 0.3 is 0 Å². The molecule has 4 rings (SSSR count). The largest absolute Gasteiger partial charge is 0.363 e. The van der Waals surface area contributed by atoms with Gasteiger partial charge in [0.05, 0.1) is 17.8 Å². The van der Waals surface area contributed by atoms with E-state index in [1.807, 2.05) is 61.5 Å². The first-order valence-corrected chi connectivity index (χ1v) is 11.8. The molecule has 2 aromatic carbocycles. The highest BCUT2D eigenvalue weighted by Crippen LogP contribution is 2.19. The molecule has 1 fully saturated rings. The van der Waals surface area contributed by atoms with Crippen LogP contribution in [0.1, 0.15) is 25.5 Å². The molecule has 8 heteroatoms. The van der Waals surface area contributed by atoms with E-state index in [1.165, 1.54) is 6.08 Å². The van der Waals surface area contributed by atoms with Crippen molar-refractivity contribution in [3.63, 3.8) is 0 Å². The Morgan fingerprint density at radius 3 is 2.82 bits per heavy atom. The van der Waals surface area contributed by atoms with Gasteiger partial charge in [-0.2, -0.15) is 5.10 Å². The highest BCUT2D eigenvalue weighted by molar-refractivity contribution is 6.04. The van der Waals surface area contributed by atoms with Crippen molar-refractivity contribution in [3.8, 4) is 0 Å². The highest BCUT2D eigenvalue weighted by Gasteiger charge is 2.26. The van der Waals surface area contributed by atoms with Crippen molar-refractivity contribution in [1.29, 1.82) is 0 Å². The number of likely N-dealkylation sites (tertiary alicyclic amines) is 1. The van der Waals surface area contributed by atoms with Crippen LogP contribution in [0, 0.1) is 0 Å². The fraction of sp³-hybridized carbons (Fsp3) is 0.346. The third-order valence-electron chi connectivity index (χ3n) is 5.88. The van der Waals surface area contributed by atoms with Gasteiger partial charge in [0.2, 0.25) is 5.91 Å². The van der Waals surface area contributed by atoms with E-state index in [2.05, 4.69) is 20.4 Å². The molecule has 0 saturated carbocycles. The third kappa shape index (κ3) is 5.89. The van der Waals surface area contributed by atoms with Crippen LogP contribution in [0.2, 0.25) is 0 Å². The molecule has 8 nitrogen and oxygen atoms in total. The van der Waals surface area contributed by atoms with Crippen molar-refractivity contribution in [3.05, 3.63) is 66.4 Å². The Morgan fingerprint density at radius 1 is 1.21 bits per heavy atom. The molecule has 34 heavy (non-hydrogen) atoms.